The van der Waals surface area contributed by atoms with E-state index in [0.29, 0.717) is 0 Å². The predicted molar refractivity (Wildman–Crippen MR) is 227 cm³/mol. The molecule has 0 bridgehead atoms. The van der Waals surface area contributed by atoms with Crippen LogP contribution in [0.4, 0.5) is 0 Å². The molecular weight excluding hydrogens is 908 g/mol. The van der Waals surface area contributed by atoms with Crippen LogP contribution in [0.3, 0.4) is 0 Å². The molecule has 0 heterocycles. The number of benzene rings is 7. The van der Waals surface area contributed by atoms with Crippen molar-refractivity contribution in [1.29, 1.82) is 0 Å². The molecule has 0 saturated heterocycles. The maximum atomic E-state index is 2.39. The van der Waals surface area contributed by atoms with E-state index in [2.05, 4.69) is 182 Å². The van der Waals surface area contributed by atoms with Crippen LogP contribution in [-0.4, -0.2) is 72.3 Å². The summed E-state index contributed by atoms with van der Waals surface area (Å²) in [5.74, 6) is 0. The third-order valence-corrected chi connectivity index (χ3v) is 20.1. The average molecular weight is 943 g/mol. The van der Waals surface area contributed by atoms with Gasteiger partial charge in [0.25, 0.3) is 0 Å². The number of hydrogen-bond donors (Lipinski definition) is 0. The third kappa shape index (κ3) is 8.67. The Balaban J connectivity index is 1.63. The van der Waals surface area contributed by atoms with Crippen molar-refractivity contribution in [2.75, 3.05) is 12.5 Å². The molecule has 7 aromatic carbocycles. The molecule has 246 valence electrons. The summed E-state index contributed by atoms with van der Waals surface area (Å²) in [6.07, 6.45) is 4.34. The molecule has 7 rings (SSSR count). The molecule has 0 saturated carbocycles. The van der Waals surface area contributed by atoms with Crippen molar-refractivity contribution >= 4 is 119 Å². The molecule has 0 atom stereocenters. The fraction of sp³-hybridized carbons (Fsp3) is 0.0455. The van der Waals surface area contributed by atoms with E-state index < -0.39 is 0 Å². The zero-order valence-electron chi connectivity index (χ0n) is 27.6. The molecule has 0 nitrogen and oxygen atoms in total. The zero-order valence-corrected chi connectivity index (χ0v) is 36.1. The van der Waals surface area contributed by atoms with Crippen LogP contribution in [0.5, 0.6) is 0 Å². The number of hydrogen-bond acceptors (Lipinski definition) is 2. The van der Waals surface area contributed by atoms with E-state index >= 15 is 0 Å². The summed E-state index contributed by atoms with van der Waals surface area (Å²) in [6.45, 7) is 0. The summed E-state index contributed by atoms with van der Waals surface area (Å²) in [5.41, 5.74) is 5.61. The average Bonchev–Trinajstić information content (AvgIpc) is 3.18. The van der Waals surface area contributed by atoms with Gasteiger partial charge in [0, 0.05) is 0 Å². The molecule has 50 heavy (non-hydrogen) atoms. The quantitative estimate of drug-likeness (QED) is 0.124. The molecule has 0 amide bonds. The van der Waals surface area contributed by atoms with E-state index in [-0.39, 0.29) is 59.8 Å². The van der Waals surface area contributed by atoms with E-state index in [9.17, 15) is 0 Å². The van der Waals surface area contributed by atoms with Gasteiger partial charge in [0.2, 0.25) is 0 Å². The van der Waals surface area contributed by atoms with Gasteiger partial charge in [0.1, 0.15) is 0 Å². The fourth-order valence-electron chi connectivity index (χ4n) is 5.52. The Morgan fingerprint density at radius 1 is 0.300 bits per heavy atom. The van der Waals surface area contributed by atoms with Gasteiger partial charge in [-0.3, -0.25) is 0 Å². The van der Waals surface area contributed by atoms with Gasteiger partial charge in [0.15, 0.2) is 0 Å². The van der Waals surface area contributed by atoms with Crippen LogP contribution in [0.2, 0.25) is 0 Å². The fourth-order valence-corrected chi connectivity index (χ4v) is 17.6. The first-order valence-corrected chi connectivity index (χ1v) is 25.4. The van der Waals surface area contributed by atoms with Crippen molar-refractivity contribution in [3.8, 4) is 22.3 Å². The molecule has 0 aliphatic heterocycles. The second-order valence-electron chi connectivity index (χ2n) is 11.2. The van der Waals surface area contributed by atoms with Crippen LogP contribution in [0.25, 0.3) is 22.3 Å². The Morgan fingerprint density at radius 2 is 0.540 bits per heavy atom. The van der Waals surface area contributed by atoms with Gasteiger partial charge in [0.05, 0.1) is 0 Å². The van der Waals surface area contributed by atoms with Crippen LogP contribution in [-0.2, 0) is 0 Å². The standard InChI is InChI=1S/C44H34S2Se4/c1-45-33-27-23-31(24-28-33)39-41(47-35-15-7-3-8-16-35)43(49-37-19-11-5-12-20-37)40(32-25-29-34(46-2)30-26-32)44(50-38-21-13-6-14-22-38)42(39)48-36-17-9-4-10-18-36/h3-30H,1-2H3. The summed E-state index contributed by atoms with van der Waals surface area (Å²) in [4.78, 5) is 2.60. The zero-order chi connectivity index (χ0) is 34.1. The van der Waals surface area contributed by atoms with Gasteiger partial charge in [-0.05, 0) is 0 Å². The van der Waals surface area contributed by atoms with Crippen LogP contribution >= 0.6 is 23.5 Å². The molecule has 0 aromatic heterocycles. The monoisotopic (exact) mass is 946 g/mol. The van der Waals surface area contributed by atoms with Gasteiger partial charge in [-0.25, -0.2) is 0 Å². The third-order valence-electron chi connectivity index (χ3n) is 7.93. The summed E-state index contributed by atoms with van der Waals surface area (Å²) < 4.78 is 11.8. The Bertz CT molecular complexity index is 1870. The Morgan fingerprint density at radius 3 is 0.760 bits per heavy atom. The second kappa shape index (κ2) is 17.7. The molecule has 0 aliphatic rings. The summed E-state index contributed by atoms with van der Waals surface area (Å²) >= 11 is 3.99. The molecule has 0 unspecified atom stereocenters. The SMILES string of the molecule is CSc1ccc(-c2c([Se]c3ccccc3)c([Se]c3ccccc3)c(-c3ccc(SC)cc3)c([Se]c3ccccc3)c2[Se]c2ccccc2)cc1. The molecule has 6 heteroatoms. The van der Waals surface area contributed by atoms with E-state index in [1.807, 2.05) is 23.5 Å². The van der Waals surface area contributed by atoms with Crippen molar-refractivity contribution in [3.63, 3.8) is 0 Å². The maximum absolute atomic E-state index is 2.39. The van der Waals surface area contributed by atoms with E-state index in [0.717, 1.165) is 0 Å². The first-order chi connectivity index (χ1) is 24.7. The minimum absolute atomic E-state index is 0.0917. The topological polar surface area (TPSA) is 0 Å². The van der Waals surface area contributed by atoms with Crippen molar-refractivity contribution in [1.82, 2.24) is 0 Å². The Kier molecular flexibility index (Phi) is 12.6. The van der Waals surface area contributed by atoms with Crippen LogP contribution in [0.15, 0.2) is 180 Å². The normalized spacial score (nSPS) is 11.1. The van der Waals surface area contributed by atoms with E-state index in [1.165, 1.54) is 67.7 Å². The van der Waals surface area contributed by atoms with Gasteiger partial charge in [-0.15, -0.1) is 0 Å². The molecule has 0 aliphatic carbocycles. The van der Waals surface area contributed by atoms with Gasteiger partial charge >= 0.3 is 333 Å². The van der Waals surface area contributed by atoms with Crippen molar-refractivity contribution < 1.29 is 0 Å². The Hall–Kier alpha value is -2.68. The van der Waals surface area contributed by atoms with Crippen LogP contribution < -0.4 is 35.7 Å². The predicted octanol–water partition coefficient (Wildman–Crippen LogP) is 5.08. The summed E-state index contributed by atoms with van der Waals surface area (Å²) in [7, 11) is 0. The van der Waals surface area contributed by atoms with Gasteiger partial charge in [-0.2, -0.15) is 0 Å². The number of rotatable bonds is 12. The van der Waals surface area contributed by atoms with Crippen LogP contribution in [0, 0.1) is 0 Å². The molecule has 0 spiro atoms. The minimum atomic E-state index is 0.0917. The number of thioether (sulfide) groups is 2. The van der Waals surface area contributed by atoms with Crippen LogP contribution in [0.1, 0.15) is 0 Å². The van der Waals surface area contributed by atoms with Gasteiger partial charge in [-0.1, -0.05) is 0 Å². The van der Waals surface area contributed by atoms with Crippen molar-refractivity contribution in [3.05, 3.63) is 170 Å². The van der Waals surface area contributed by atoms with Gasteiger partial charge < -0.3 is 0 Å². The van der Waals surface area contributed by atoms with E-state index in [1.54, 1.807) is 0 Å². The first-order valence-electron chi connectivity index (χ1n) is 16.1. The molecule has 0 fully saturated rings. The van der Waals surface area contributed by atoms with E-state index in [4.69, 9.17) is 0 Å². The summed E-state index contributed by atoms with van der Waals surface area (Å²) in [5, 5.41) is 0. The first kappa shape index (κ1) is 35.7. The molecular formula is C44H34S2Se4. The molecule has 0 N–H and O–H groups in total. The second-order valence-corrected chi connectivity index (χ2v) is 22.0. The molecule has 7 aromatic rings. The Labute approximate surface area is 330 Å². The molecule has 0 radical (unpaired) electrons. The summed E-state index contributed by atoms with van der Waals surface area (Å²) in [6, 6.07) is 63.7. The van der Waals surface area contributed by atoms with Crippen molar-refractivity contribution in [2.24, 2.45) is 0 Å². The van der Waals surface area contributed by atoms with Crippen molar-refractivity contribution in [2.45, 2.75) is 9.79 Å².